The van der Waals surface area contributed by atoms with Gasteiger partial charge in [-0.2, -0.15) is 5.10 Å². The topological polar surface area (TPSA) is 90.0 Å². The molecule has 114 valence electrons. The van der Waals surface area contributed by atoms with Crippen LogP contribution >= 0.6 is 23.2 Å². The Labute approximate surface area is 132 Å². The van der Waals surface area contributed by atoms with Crippen molar-refractivity contribution >= 4 is 44.7 Å². The third-order valence-electron chi connectivity index (χ3n) is 2.67. The van der Waals surface area contributed by atoms with Gasteiger partial charge in [0, 0.05) is 17.8 Å². The van der Waals surface area contributed by atoms with Gasteiger partial charge in [0.15, 0.2) is 5.82 Å². The first kappa shape index (κ1) is 15.9. The van der Waals surface area contributed by atoms with E-state index in [2.05, 4.69) is 9.82 Å². The first-order valence-electron chi connectivity index (χ1n) is 6.14. The number of halogens is 2. The summed E-state index contributed by atoms with van der Waals surface area (Å²) >= 11 is 11.7. The highest BCUT2D eigenvalue weighted by molar-refractivity contribution is 7.92. The molecule has 3 N–H and O–H groups in total. The first-order valence-corrected chi connectivity index (χ1v) is 8.38. The monoisotopic (exact) mass is 348 g/mol. The summed E-state index contributed by atoms with van der Waals surface area (Å²) in [5.41, 5.74) is 5.89. The molecule has 9 heteroatoms. The van der Waals surface area contributed by atoms with Crippen molar-refractivity contribution in [2.45, 2.75) is 24.8 Å². The molecule has 2 rings (SSSR count). The normalized spacial score (nSPS) is 11.6. The van der Waals surface area contributed by atoms with E-state index < -0.39 is 10.0 Å². The molecule has 21 heavy (non-hydrogen) atoms. The van der Waals surface area contributed by atoms with E-state index in [1.165, 1.54) is 29.1 Å². The largest absolute Gasteiger partial charge is 0.381 e. The van der Waals surface area contributed by atoms with Gasteiger partial charge in [0.2, 0.25) is 0 Å². The molecule has 0 aliphatic rings. The van der Waals surface area contributed by atoms with Crippen molar-refractivity contribution in [1.82, 2.24) is 9.78 Å². The van der Waals surface area contributed by atoms with E-state index >= 15 is 0 Å². The highest BCUT2D eigenvalue weighted by atomic mass is 35.5. The van der Waals surface area contributed by atoms with Crippen LogP contribution in [0.25, 0.3) is 0 Å². The second kappa shape index (κ2) is 6.13. The Balaban J connectivity index is 2.34. The van der Waals surface area contributed by atoms with Crippen molar-refractivity contribution in [2.24, 2.45) is 0 Å². The molecule has 6 nitrogen and oxygen atoms in total. The Morgan fingerprint density at radius 1 is 1.38 bits per heavy atom. The van der Waals surface area contributed by atoms with Crippen LogP contribution in [0.2, 0.25) is 10.0 Å². The van der Waals surface area contributed by atoms with E-state index in [-0.39, 0.29) is 21.4 Å². The Hall–Kier alpha value is -1.44. The summed E-state index contributed by atoms with van der Waals surface area (Å²) in [5, 5.41) is 4.58. The van der Waals surface area contributed by atoms with Gasteiger partial charge in [-0.05, 0) is 24.6 Å². The Morgan fingerprint density at radius 3 is 2.71 bits per heavy atom. The van der Waals surface area contributed by atoms with Crippen LogP contribution in [0.4, 0.5) is 11.5 Å². The molecule has 0 aliphatic carbocycles. The Kier molecular flexibility index (Phi) is 4.65. The predicted molar refractivity (Wildman–Crippen MR) is 84.2 cm³/mol. The van der Waals surface area contributed by atoms with E-state index in [0.717, 1.165) is 6.42 Å². The minimum Gasteiger partial charge on any atom is -0.381 e. The van der Waals surface area contributed by atoms with Crippen LogP contribution in [0.3, 0.4) is 0 Å². The molecule has 0 amide bonds. The number of rotatable bonds is 5. The lowest BCUT2D eigenvalue weighted by Crippen LogP contribution is -2.14. The number of sulfonamides is 1. The molecule has 0 aliphatic heterocycles. The number of anilines is 2. The number of nitrogen functional groups attached to an aromatic ring is 1. The van der Waals surface area contributed by atoms with Gasteiger partial charge in [0.25, 0.3) is 10.0 Å². The van der Waals surface area contributed by atoms with Crippen LogP contribution in [-0.2, 0) is 16.6 Å². The molecule has 0 radical (unpaired) electrons. The fourth-order valence-electron chi connectivity index (χ4n) is 1.74. The molecule has 1 aromatic heterocycles. The van der Waals surface area contributed by atoms with Gasteiger partial charge < -0.3 is 5.73 Å². The molecular weight excluding hydrogens is 335 g/mol. The van der Waals surface area contributed by atoms with Gasteiger partial charge in [-0.3, -0.25) is 9.40 Å². The summed E-state index contributed by atoms with van der Waals surface area (Å²) in [4.78, 5) is -0.0815. The van der Waals surface area contributed by atoms with E-state index in [1.54, 1.807) is 0 Å². The maximum atomic E-state index is 12.3. The molecule has 1 aromatic carbocycles. The van der Waals surface area contributed by atoms with Gasteiger partial charge in [0.05, 0.1) is 10.7 Å². The molecule has 0 atom stereocenters. The average molecular weight is 349 g/mol. The summed E-state index contributed by atoms with van der Waals surface area (Å²) in [6, 6.07) is 4.47. The second-order valence-electron chi connectivity index (χ2n) is 4.37. The maximum Gasteiger partial charge on any atom is 0.267 e. The lowest BCUT2D eigenvalue weighted by molar-refractivity contribution is 0.595. The first-order chi connectivity index (χ1) is 9.83. The molecular formula is C12H14Cl2N4O2S. The third kappa shape index (κ3) is 3.61. The highest BCUT2D eigenvalue weighted by Gasteiger charge is 2.22. The van der Waals surface area contributed by atoms with Crippen molar-refractivity contribution in [2.75, 3.05) is 10.5 Å². The lowest BCUT2D eigenvalue weighted by Gasteiger charge is -2.08. The van der Waals surface area contributed by atoms with Crippen molar-refractivity contribution < 1.29 is 8.42 Å². The van der Waals surface area contributed by atoms with Crippen LogP contribution < -0.4 is 10.5 Å². The van der Waals surface area contributed by atoms with Crippen molar-refractivity contribution in [3.63, 3.8) is 0 Å². The number of hydrogen-bond acceptors (Lipinski definition) is 4. The molecule has 2 aromatic rings. The summed E-state index contributed by atoms with van der Waals surface area (Å²) < 4.78 is 28.6. The van der Waals surface area contributed by atoms with Crippen LogP contribution in [0.1, 0.15) is 13.3 Å². The molecule has 0 spiro atoms. The van der Waals surface area contributed by atoms with E-state index in [9.17, 15) is 8.42 Å². The summed E-state index contributed by atoms with van der Waals surface area (Å²) in [6.45, 7) is 2.54. The lowest BCUT2D eigenvalue weighted by atomic mass is 10.3. The van der Waals surface area contributed by atoms with Crippen LogP contribution in [0, 0.1) is 0 Å². The van der Waals surface area contributed by atoms with E-state index in [1.807, 2.05) is 6.92 Å². The minimum atomic E-state index is -3.86. The average Bonchev–Trinajstić information content (AvgIpc) is 2.75. The summed E-state index contributed by atoms with van der Waals surface area (Å²) in [5.74, 6) is -0.0546. The fourth-order valence-corrected chi connectivity index (χ4v) is 3.41. The van der Waals surface area contributed by atoms with Crippen molar-refractivity contribution in [3.8, 4) is 0 Å². The van der Waals surface area contributed by atoms with Gasteiger partial charge in [0.1, 0.15) is 4.90 Å². The Morgan fingerprint density at radius 2 is 2.10 bits per heavy atom. The number of hydrogen-bond donors (Lipinski definition) is 2. The van der Waals surface area contributed by atoms with Crippen molar-refractivity contribution in [1.29, 1.82) is 0 Å². The zero-order valence-corrected chi connectivity index (χ0v) is 13.5. The number of aryl methyl sites for hydroxylation is 1. The molecule has 0 saturated carbocycles. The van der Waals surface area contributed by atoms with Gasteiger partial charge >= 0.3 is 0 Å². The quantitative estimate of drug-likeness (QED) is 0.868. The minimum absolute atomic E-state index is 0.0546. The molecule has 0 unspecified atom stereocenters. The zero-order valence-electron chi connectivity index (χ0n) is 11.2. The zero-order chi connectivity index (χ0) is 15.6. The molecule has 0 bridgehead atoms. The SMILES string of the molecule is CCCn1cc(S(=O)(=O)Nc2ccc(Cl)cc2Cl)c(N)n1. The maximum absolute atomic E-state index is 12.3. The summed E-state index contributed by atoms with van der Waals surface area (Å²) in [6.07, 6.45) is 2.21. The van der Waals surface area contributed by atoms with Gasteiger partial charge in [-0.25, -0.2) is 8.42 Å². The van der Waals surface area contributed by atoms with E-state index in [0.29, 0.717) is 11.6 Å². The third-order valence-corrected chi connectivity index (χ3v) is 4.60. The number of aromatic nitrogens is 2. The second-order valence-corrected chi connectivity index (χ2v) is 6.87. The molecule has 1 heterocycles. The summed E-state index contributed by atoms with van der Waals surface area (Å²) in [7, 11) is -3.86. The van der Waals surface area contributed by atoms with Crippen LogP contribution in [0.15, 0.2) is 29.3 Å². The van der Waals surface area contributed by atoms with E-state index in [4.69, 9.17) is 28.9 Å². The fraction of sp³-hybridized carbons (Fsp3) is 0.250. The van der Waals surface area contributed by atoms with Gasteiger partial charge in [-0.15, -0.1) is 0 Å². The number of nitrogens with zero attached hydrogens (tertiary/aromatic N) is 2. The Bertz CT molecular complexity index is 759. The molecule has 0 saturated heterocycles. The van der Waals surface area contributed by atoms with Crippen molar-refractivity contribution in [3.05, 3.63) is 34.4 Å². The predicted octanol–water partition coefficient (Wildman–Crippen LogP) is 2.98. The van der Waals surface area contributed by atoms with Crippen LogP contribution in [0.5, 0.6) is 0 Å². The highest BCUT2D eigenvalue weighted by Crippen LogP contribution is 2.28. The standard InChI is InChI=1S/C12H14Cl2N4O2S/c1-2-5-18-7-11(12(15)16-18)21(19,20)17-10-4-3-8(13)6-9(10)14/h3-4,6-7,17H,2,5H2,1H3,(H2,15,16). The number of benzene rings is 1. The molecule has 0 fully saturated rings. The van der Waals surface area contributed by atoms with Gasteiger partial charge in [-0.1, -0.05) is 30.1 Å². The van der Waals surface area contributed by atoms with Crippen LogP contribution in [-0.4, -0.2) is 18.2 Å². The number of nitrogens with one attached hydrogen (secondary N) is 1. The number of nitrogens with two attached hydrogens (primary N) is 1. The smallest absolute Gasteiger partial charge is 0.267 e.